The van der Waals surface area contributed by atoms with E-state index >= 15 is 0 Å². The van der Waals surface area contributed by atoms with Gasteiger partial charge in [0.2, 0.25) is 5.52 Å². The van der Waals surface area contributed by atoms with Gasteiger partial charge in [0.05, 0.1) is 11.1 Å². The summed E-state index contributed by atoms with van der Waals surface area (Å²) in [5, 5.41) is 5.75. The van der Waals surface area contributed by atoms with Gasteiger partial charge in [-0.05, 0) is 17.2 Å². The van der Waals surface area contributed by atoms with Crippen LogP contribution in [0.15, 0.2) is 24.4 Å². The highest BCUT2D eigenvalue weighted by Crippen LogP contribution is 2.19. The van der Waals surface area contributed by atoms with Gasteiger partial charge < -0.3 is 5.73 Å². The maximum atomic E-state index is 5.86. The van der Waals surface area contributed by atoms with Gasteiger partial charge in [-0.25, -0.2) is 0 Å². The van der Waals surface area contributed by atoms with Crippen LogP contribution in [0, 0.1) is 0 Å². The molecule has 0 fully saturated rings. The zero-order valence-electron chi connectivity index (χ0n) is 7.16. The van der Waals surface area contributed by atoms with Crippen molar-refractivity contribution < 1.29 is 4.68 Å². The number of halogens is 1. The van der Waals surface area contributed by atoms with Gasteiger partial charge >= 0.3 is 0 Å². The maximum absolute atomic E-state index is 5.86. The van der Waals surface area contributed by atoms with Gasteiger partial charge in [0.25, 0.3) is 0 Å². The summed E-state index contributed by atoms with van der Waals surface area (Å²) in [4.78, 5) is 0. The first kappa shape index (κ1) is 8.26. The summed E-state index contributed by atoms with van der Waals surface area (Å²) in [5.74, 6) is 0. The van der Waals surface area contributed by atoms with Gasteiger partial charge in [-0.3, -0.25) is 0 Å². The third kappa shape index (κ3) is 1.31. The van der Waals surface area contributed by atoms with E-state index in [2.05, 4.69) is 5.10 Å². The highest BCUT2D eigenvalue weighted by Gasteiger charge is 2.09. The summed E-state index contributed by atoms with van der Waals surface area (Å²) in [6.07, 6.45) is 1.64. The Bertz CT molecular complexity index is 468. The van der Waals surface area contributed by atoms with Crippen molar-refractivity contribution >= 4 is 28.2 Å². The van der Waals surface area contributed by atoms with Crippen LogP contribution >= 0.6 is 11.6 Å². The number of aromatic nitrogens is 2. The third-order valence-corrected chi connectivity index (χ3v) is 2.22. The standard InChI is InChI=1S/C9H8ClN3/c1-13-9-4-6(10)2-3-7(9)8(11)5-12-13/h2-5,11H,1H3/p+1. The fourth-order valence-electron chi connectivity index (χ4n) is 1.30. The Morgan fingerprint density at radius 2 is 2.23 bits per heavy atom. The third-order valence-electron chi connectivity index (χ3n) is 1.99. The van der Waals surface area contributed by atoms with Gasteiger partial charge in [0.1, 0.15) is 6.20 Å². The van der Waals surface area contributed by atoms with E-state index in [9.17, 15) is 0 Å². The van der Waals surface area contributed by atoms with Gasteiger partial charge in [0.15, 0.2) is 7.05 Å². The molecule has 0 bridgehead atoms. The SMILES string of the molecule is C[n+]1ncc(N)c2ccc(Cl)cc21. The zero-order chi connectivity index (χ0) is 9.42. The molecule has 13 heavy (non-hydrogen) atoms. The Morgan fingerprint density at radius 3 is 3.00 bits per heavy atom. The zero-order valence-corrected chi connectivity index (χ0v) is 7.92. The molecule has 1 aromatic heterocycles. The minimum absolute atomic E-state index is 0.671. The minimum Gasteiger partial charge on any atom is -0.397 e. The summed E-state index contributed by atoms with van der Waals surface area (Å²) < 4.78 is 1.75. The first-order valence-corrected chi connectivity index (χ1v) is 4.26. The molecule has 0 amide bonds. The quantitative estimate of drug-likeness (QED) is 0.643. The molecular weight excluding hydrogens is 186 g/mol. The topological polar surface area (TPSA) is 42.8 Å². The molecule has 0 saturated carbocycles. The molecule has 2 rings (SSSR count). The van der Waals surface area contributed by atoms with Crippen molar-refractivity contribution in [1.82, 2.24) is 5.10 Å². The molecule has 0 saturated heterocycles. The smallest absolute Gasteiger partial charge is 0.242 e. The predicted molar refractivity (Wildman–Crippen MR) is 52.3 cm³/mol. The number of hydrogen-bond acceptors (Lipinski definition) is 2. The van der Waals surface area contributed by atoms with Crippen molar-refractivity contribution in [3.8, 4) is 0 Å². The van der Waals surface area contributed by atoms with Gasteiger partial charge in [-0.15, -0.1) is 0 Å². The summed E-state index contributed by atoms with van der Waals surface area (Å²) in [7, 11) is 1.86. The maximum Gasteiger partial charge on any atom is 0.242 e. The van der Waals surface area contributed by atoms with E-state index in [-0.39, 0.29) is 0 Å². The van der Waals surface area contributed by atoms with E-state index in [1.807, 2.05) is 25.2 Å². The molecule has 0 radical (unpaired) electrons. The largest absolute Gasteiger partial charge is 0.397 e. The van der Waals surface area contributed by atoms with Crippen molar-refractivity contribution in [1.29, 1.82) is 0 Å². The molecule has 3 nitrogen and oxygen atoms in total. The van der Waals surface area contributed by atoms with E-state index in [1.165, 1.54) is 0 Å². The van der Waals surface area contributed by atoms with Crippen LogP contribution in [0.2, 0.25) is 5.02 Å². The van der Waals surface area contributed by atoms with Crippen LogP contribution in [-0.2, 0) is 7.05 Å². The van der Waals surface area contributed by atoms with E-state index < -0.39 is 0 Å². The van der Waals surface area contributed by atoms with Crippen LogP contribution in [0.5, 0.6) is 0 Å². The highest BCUT2D eigenvalue weighted by molar-refractivity contribution is 6.31. The Balaban J connectivity index is 2.92. The lowest BCUT2D eigenvalue weighted by Gasteiger charge is -1.98. The summed E-state index contributed by atoms with van der Waals surface area (Å²) >= 11 is 5.86. The first-order chi connectivity index (χ1) is 6.18. The lowest BCUT2D eigenvalue weighted by atomic mass is 10.2. The molecule has 0 spiro atoms. The number of nitrogens with two attached hydrogens (primary N) is 1. The summed E-state index contributed by atoms with van der Waals surface area (Å²) in [5.41, 5.74) is 7.36. The molecule has 2 aromatic rings. The lowest BCUT2D eigenvalue weighted by molar-refractivity contribution is -0.705. The average Bonchev–Trinajstić information content (AvgIpc) is 2.12. The second-order valence-electron chi connectivity index (χ2n) is 2.88. The highest BCUT2D eigenvalue weighted by atomic mass is 35.5. The van der Waals surface area contributed by atoms with Crippen molar-refractivity contribution in [3.63, 3.8) is 0 Å². The van der Waals surface area contributed by atoms with E-state index in [0.29, 0.717) is 10.7 Å². The van der Waals surface area contributed by atoms with Crippen LogP contribution in [0.1, 0.15) is 0 Å². The Labute approximate surface area is 80.7 Å². The minimum atomic E-state index is 0.671. The fraction of sp³-hybridized carbons (Fsp3) is 0.111. The monoisotopic (exact) mass is 194 g/mol. The fourth-order valence-corrected chi connectivity index (χ4v) is 1.46. The number of fused-ring (bicyclic) bond motifs is 1. The number of benzene rings is 1. The van der Waals surface area contributed by atoms with E-state index in [1.54, 1.807) is 10.9 Å². The Hall–Kier alpha value is -1.35. The molecule has 0 atom stereocenters. The molecule has 0 aliphatic heterocycles. The lowest BCUT2D eigenvalue weighted by Crippen LogP contribution is -2.33. The van der Waals surface area contributed by atoms with Crippen LogP contribution in [0.25, 0.3) is 10.9 Å². The van der Waals surface area contributed by atoms with Crippen LogP contribution in [0.4, 0.5) is 5.69 Å². The van der Waals surface area contributed by atoms with Crippen molar-refractivity contribution in [2.75, 3.05) is 5.73 Å². The number of nitrogen functional groups attached to an aromatic ring is 1. The van der Waals surface area contributed by atoms with Gasteiger partial charge in [-0.2, -0.15) is 0 Å². The summed E-state index contributed by atoms with van der Waals surface area (Å²) in [6.45, 7) is 0. The molecule has 0 aliphatic rings. The molecule has 0 aliphatic carbocycles. The van der Waals surface area contributed by atoms with Crippen LogP contribution < -0.4 is 10.4 Å². The Kier molecular flexibility index (Phi) is 1.81. The molecule has 66 valence electrons. The van der Waals surface area contributed by atoms with Gasteiger partial charge in [-0.1, -0.05) is 16.3 Å². The van der Waals surface area contributed by atoms with E-state index in [4.69, 9.17) is 17.3 Å². The van der Waals surface area contributed by atoms with Crippen molar-refractivity contribution in [2.24, 2.45) is 7.05 Å². The number of nitrogens with zero attached hydrogens (tertiary/aromatic N) is 2. The molecule has 1 heterocycles. The van der Waals surface area contributed by atoms with E-state index in [0.717, 1.165) is 10.9 Å². The normalized spacial score (nSPS) is 10.6. The number of rotatable bonds is 0. The molecule has 4 heteroatoms. The second kappa shape index (κ2) is 2.85. The average molecular weight is 195 g/mol. The number of hydrogen-bond donors (Lipinski definition) is 1. The predicted octanol–water partition coefficient (Wildman–Crippen LogP) is 1.29. The number of anilines is 1. The molecule has 0 unspecified atom stereocenters. The van der Waals surface area contributed by atoms with Crippen LogP contribution in [0.3, 0.4) is 0 Å². The van der Waals surface area contributed by atoms with Gasteiger partial charge in [0, 0.05) is 11.1 Å². The molecule has 2 N–H and O–H groups in total. The first-order valence-electron chi connectivity index (χ1n) is 3.88. The summed E-state index contributed by atoms with van der Waals surface area (Å²) in [6, 6.07) is 5.56. The van der Waals surface area contributed by atoms with Crippen LogP contribution in [-0.4, -0.2) is 5.10 Å². The molecular formula is C9H9ClN3+. The van der Waals surface area contributed by atoms with Crippen molar-refractivity contribution in [2.45, 2.75) is 0 Å². The molecule has 1 aromatic carbocycles. The van der Waals surface area contributed by atoms with Crippen molar-refractivity contribution in [3.05, 3.63) is 29.4 Å². The number of aryl methyl sites for hydroxylation is 1. The Morgan fingerprint density at radius 1 is 1.46 bits per heavy atom. The second-order valence-corrected chi connectivity index (χ2v) is 3.32.